The average Bonchev–Trinajstić information content (AvgIpc) is 3.09. The number of halogens is 2. The van der Waals surface area contributed by atoms with E-state index in [0.717, 1.165) is 34.8 Å². The molecule has 0 N–H and O–H groups in total. The van der Waals surface area contributed by atoms with Crippen molar-refractivity contribution in [1.29, 1.82) is 0 Å². The smallest absolute Gasteiger partial charge is 0.254 e. The summed E-state index contributed by atoms with van der Waals surface area (Å²) >= 11 is 6.79. The first-order valence-electron chi connectivity index (χ1n) is 5.35. The lowest BCUT2D eigenvalue weighted by molar-refractivity contribution is 0.0754. The molecule has 1 amide bonds. The van der Waals surface area contributed by atoms with Crippen molar-refractivity contribution in [2.45, 2.75) is 18.9 Å². The Hall–Kier alpha value is -0.350. The van der Waals surface area contributed by atoms with Gasteiger partial charge in [0, 0.05) is 28.0 Å². The molecule has 0 aromatic heterocycles. The van der Waals surface area contributed by atoms with E-state index in [2.05, 4.69) is 31.9 Å². The Bertz CT molecular complexity index is 390. The normalized spacial score (nSPS) is 14.9. The standard InChI is InChI=1S/C12H13Br2NO/c13-6-7-15(11-4-5-11)12(16)9-2-1-3-10(14)8-9/h1-3,8,11H,4-7H2. The van der Waals surface area contributed by atoms with Crippen molar-refractivity contribution in [3.05, 3.63) is 34.3 Å². The van der Waals surface area contributed by atoms with Crippen LogP contribution in [0.25, 0.3) is 0 Å². The first-order chi connectivity index (χ1) is 7.72. The van der Waals surface area contributed by atoms with E-state index in [1.165, 1.54) is 0 Å². The molecule has 1 saturated carbocycles. The number of carbonyl (C=O) groups is 1. The quantitative estimate of drug-likeness (QED) is 0.764. The number of hydrogen-bond donors (Lipinski definition) is 0. The van der Waals surface area contributed by atoms with Crippen LogP contribution in [0.3, 0.4) is 0 Å². The lowest BCUT2D eigenvalue weighted by Gasteiger charge is -2.21. The van der Waals surface area contributed by atoms with Crippen LogP contribution in [0.4, 0.5) is 0 Å². The Morgan fingerprint density at radius 2 is 2.19 bits per heavy atom. The molecule has 0 spiro atoms. The van der Waals surface area contributed by atoms with E-state index in [-0.39, 0.29) is 5.91 Å². The molecule has 1 aromatic rings. The van der Waals surface area contributed by atoms with Gasteiger partial charge in [0.05, 0.1) is 0 Å². The maximum atomic E-state index is 12.3. The molecule has 0 heterocycles. The van der Waals surface area contributed by atoms with Gasteiger partial charge in [-0.15, -0.1) is 0 Å². The predicted molar refractivity (Wildman–Crippen MR) is 72.0 cm³/mol. The molecular formula is C12H13Br2NO. The maximum Gasteiger partial charge on any atom is 0.254 e. The summed E-state index contributed by atoms with van der Waals surface area (Å²) in [6.45, 7) is 0.788. The molecule has 2 rings (SSSR count). The Balaban J connectivity index is 2.15. The summed E-state index contributed by atoms with van der Waals surface area (Å²) in [7, 11) is 0. The van der Waals surface area contributed by atoms with Crippen LogP contribution in [0, 0.1) is 0 Å². The summed E-state index contributed by atoms with van der Waals surface area (Å²) in [6.07, 6.45) is 2.29. The molecular weight excluding hydrogens is 334 g/mol. The van der Waals surface area contributed by atoms with E-state index < -0.39 is 0 Å². The summed E-state index contributed by atoms with van der Waals surface area (Å²) < 4.78 is 0.952. The molecule has 0 bridgehead atoms. The van der Waals surface area contributed by atoms with Gasteiger partial charge in [-0.2, -0.15) is 0 Å². The summed E-state index contributed by atoms with van der Waals surface area (Å²) in [5.41, 5.74) is 0.766. The third-order valence-corrected chi connectivity index (χ3v) is 3.49. The summed E-state index contributed by atoms with van der Waals surface area (Å²) in [5.74, 6) is 0.142. The molecule has 86 valence electrons. The third-order valence-electron chi connectivity index (χ3n) is 2.65. The molecule has 0 aliphatic heterocycles. The summed E-state index contributed by atoms with van der Waals surface area (Å²) in [5, 5.41) is 0.837. The second kappa shape index (κ2) is 5.32. The van der Waals surface area contributed by atoms with Crippen molar-refractivity contribution in [2.24, 2.45) is 0 Å². The molecule has 0 radical (unpaired) electrons. The lowest BCUT2D eigenvalue weighted by atomic mass is 10.2. The van der Waals surface area contributed by atoms with Crippen molar-refractivity contribution < 1.29 is 4.79 Å². The highest BCUT2D eigenvalue weighted by Crippen LogP contribution is 2.28. The highest BCUT2D eigenvalue weighted by atomic mass is 79.9. The van der Waals surface area contributed by atoms with Crippen LogP contribution in [0.5, 0.6) is 0 Å². The van der Waals surface area contributed by atoms with E-state index in [9.17, 15) is 4.79 Å². The average molecular weight is 347 g/mol. The first kappa shape index (κ1) is 12.1. The fourth-order valence-electron chi connectivity index (χ4n) is 1.71. The van der Waals surface area contributed by atoms with Crippen LogP contribution in [0.1, 0.15) is 23.2 Å². The zero-order chi connectivity index (χ0) is 11.5. The van der Waals surface area contributed by atoms with Crippen molar-refractivity contribution >= 4 is 37.8 Å². The number of nitrogens with zero attached hydrogens (tertiary/aromatic N) is 1. The topological polar surface area (TPSA) is 20.3 Å². The molecule has 1 aliphatic rings. The monoisotopic (exact) mass is 345 g/mol. The molecule has 0 unspecified atom stereocenters. The predicted octanol–water partition coefficient (Wildman–Crippen LogP) is 3.45. The largest absolute Gasteiger partial charge is 0.335 e. The number of benzene rings is 1. The fourth-order valence-corrected chi connectivity index (χ4v) is 2.50. The van der Waals surface area contributed by atoms with E-state index >= 15 is 0 Å². The minimum absolute atomic E-state index is 0.142. The number of alkyl halides is 1. The Labute approximate surface area is 112 Å². The van der Waals surface area contributed by atoms with Crippen molar-refractivity contribution in [3.63, 3.8) is 0 Å². The van der Waals surface area contributed by atoms with Gasteiger partial charge in [-0.1, -0.05) is 37.9 Å². The minimum Gasteiger partial charge on any atom is -0.335 e. The van der Waals surface area contributed by atoms with Crippen molar-refractivity contribution in [1.82, 2.24) is 4.90 Å². The van der Waals surface area contributed by atoms with Crippen molar-refractivity contribution in [2.75, 3.05) is 11.9 Å². The Morgan fingerprint density at radius 3 is 2.75 bits per heavy atom. The number of amides is 1. The van der Waals surface area contributed by atoms with E-state index in [0.29, 0.717) is 6.04 Å². The first-order valence-corrected chi connectivity index (χ1v) is 7.26. The zero-order valence-corrected chi connectivity index (χ0v) is 12.0. The van der Waals surface area contributed by atoms with Gasteiger partial charge in [-0.05, 0) is 31.0 Å². The van der Waals surface area contributed by atoms with E-state index in [1.807, 2.05) is 29.2 Å². The molecule has 16 heavy (non-hydrogen) atoms. The maximum absolute atomic E-state index is 12.3. The minimum atomic E-state index is 0.142. The molecule has 0 saturated heterocycles. The SMILES string of the molecule is O=C(c1cccc(Br)c1)N(CCBr)C1CC1. The second-order valence-corrected chi connectivity index (χ2v) is 5.64. The summed E-state index contributed by atoms with van der Waals surface area (Å²) in [6, 6.07) is 8.05. The molecule has 4 heteroatoms. The number of hydrogen-bond acceptors (Lipinski definition) is 1. The number of rotatable bonds is 4. The van der Waals surface area contributed by atoms with Crippen LogP contribution in [-0.4, -0.2) is 28.7 Å². The highest BCUT2D eigenvalue weighted by molar-refractivity contribution is 9.10. The van der Waals surface area contributed by atoms with Crippen LogP contribution >= 0.6 is 31.9 Å². The molecule has 1 aliphatic carbocycles. The van der Waals surface area contributed by atoms with Gasteiger partial charge in [-0.25, -0.2) is 0 Å². The Kier molecular flexibility index (Phi) is 4.03. The van der Waals surface area contributed by atoms with Gasteiger partial charge >= 0.3 is 0 Å². The van der Waals surface area contributed by atoms with Crippen LogP contribution in [0.15, 0.2) is 28.7 Å². The third kappa shape index (κ3) is 2.86. The van der Waals surface area contributed by atoms with Crippen LogP contribution < -0.4 is 0 Å². The lowest BCUT2D eigenvalue weighted by Crippen LogP contribution is -2.34. The van der Waals surface area contributed by atoms with Gasteiger partial charge < -0.3 is 4.90 Å². The van der Waals surface area contributed by atoms with E-state index in [1.54, 1.807) is 0 Å². The Morgan fingerprint density at radius 1 is 1.44 bits per heavy atom. The van der Waals surface area contributed by atoms with Gasteiger partial charge in [0.1, 0.15) is 0 Å². The summed E-state index contributed by atoms with van der Waals surface area (Å²) in [4.78, 5) is 14.2. The fraction of sp³-hybridized carbons (Fsp3) is 0.417. The zero-order valence-electron chi connectivity index (χ0n) is 8.83. The molecule has 1 fully saturated rings. The van der Waals surface area contributed by atoms with Gasteiger partial charge in [0.25, 0.3) is 5.91 Å². The molecule has 0 atom stereocenters. The van der Waals surface area contributed by atoms with Gasteiger partial charge in [0.15, 0.2) is 0 Å². The second-order valence-electron chi connectivity index (χ2n) is 3.93. The highest BCUT2D eigenvalue weighted by Gasteiger charge is 2.32. The van der Waals surface area contributed by atoms with Crippen LogP contribution in [0.2, 0.25) is 0 Å². The van der Waals surface area contributed by atoms with Gasteiger partial charge in [-0.3, -0.25) is 4.79 Å². The van der Waals surface area contributed by atoms with Gasteiger partial charge in [0.2, 0.25) is 0 Å². The van der Waals surface area contributed by atoms with E-state index in [4.69, 9.17) is 0 Å². The molecule has 2 nitrogen and oxygen atoms in total. The molecule has 1 aromatic carbocycles. The number of carbonyl (C=O) groups excluding carboxylic acids is 1. The van der Waals surface area contributed by atoms with Crippen LogP contribution in [-0.2, 0) is 0 Å². The van der Waals surface area contributed by atoms with Crippen molar-refractivity contribution in [3.8, 4) is 0 Å².